The van der Waals surface area contributed by atoms with Crippen molar-refractivity contribution in [2.24, 2.45) is 4.99 Å². The average molecular weight is 554 g/mol. The van der Waals surface area contributed by atoms with Crippen LogP contribution in [0.15, 0.2) is 35.5 Å². The molecule has 0 radical (unpaired) electrons. The summed E-state index contributed by atoms with van der Waals surface area (Å²) in [7, 11) is 4.81. The molecule has 0 saturated heterocycles. The van der Waals surface area contributed by atoms with Gasteiger partial charge in [-0.3, -0.25) is 4.99 Å². The summed E-state index contributed by atoms with van der Waals surface area (Å²) in [6.07, 6.45) is -2.70. The SMILES string of the molecule is CN=C(NCCNc1nccc(C(F)(F)F)n1)NCCc1ccc(OC)c(OC)c1.I. The lowest BCUT2D eigenvalue weighted by atomic mass is 10.1. The van der Waals surface area contributed by atoms with Crippen LogP contribution < -0.4 is 25.4 Å². The highest BCUT2D eigenvalue weighted by molar-refractivity contribution is 14.0. The highest BCUT2D eigenvalue weighted by atomic mass is 127. The molecule has 3 N–H and O–H groups in total. The zero-order valence-electron chi connectivity index (χ0n) is 17.4. The standard InChI is InChI=1S/C19H25F3N6O2.HI/c1-23-17(24-8-6-13-4-5-14(29-2)15(12-13)30-3)26-10-11-27-18-25-9-7-16(28-18)19(20,21)22;/h4-5,7,9,12H,6,8,10-11H2,1-3H3,(H2,23,24,26)(H,25,27,28);1H. The number of nitrogens with zero attached hydrogens (tertiary/aromatic N) is 3. The van der Waals surface area contributed by atoms with Crippen LogP contribution in [-0.2, 0) is 12.6 Å². The van der Waals surface area contributed by atoms with Gasteiger partial charge in [-0.1, -0.05) is 6.07 Å². The van der Waals surface area contributed by atoms with E-state index in [9.17, 15) is 13.2 Å². The number of hydrogen-bond acceptors (Lipinski definition) is 6. The van der Waals surface area contributed by atoms with E-state index in [0.717, 1.165) is 24.2 Å². The molecule has 8 nitrogen and oxygen atoms in total. The first-order chi connectivity index (χ1) is 14.4. The first kappa shape index (κ1) is 26.5. The Labute approximate surface area is 196 Å². The van der Waals surface area contributed by atoms with Gasteiger partial charge in [0.25, 0.3) is 0 Å². The summed E-state index contributed by atoms with van der Waals surface area (Å²) in [5.41, 5.74) is 0.0829. The fourth-order valence-corrected chi connectivity index (χ4v) is 2.54. The lowest BCUT2D eigenvalue weighted by Gasteiger charge is -2.13. The lowest BCUT2D eigenvalue weighted by Crippen LogP contribution is -2.40. The number of rotatable bonds is 9. The van der Waals surface area contributed by atoms with Crippen molar-refractivity contribution < 1.29 is 22.6 Å². The summed E-state index contributed by atoms with van der Waals surface area (Å²) < 4.78 is 48.5. The Morgan fingerprint density at radius 1 is 1.03 bits per heavy atom. The molecule has 0 fully saturated rings. The second-order valence-corrected chi connectivity index (χ2v) is 6.06. The van der Waals surface area contributed by atoms with E-state index in [1.54, 1.807) is 21.3 Å². The van der Waals surface area contributed by atoms with Crippen molar-refractivity contribution in [3.05, 3.63) is 41.7 Å². The molecule has 2 rings (SSSR count). The van der Waals surface area contributed by atoms with Crippen molar-refractivity contribution in [3.63, 3.8) is 0 Å². The van der Waals surface area contributed by atoms with Gasteiger partial charge in [0.05, 0.1) is 14.2 Å². The number of hydrogen-bond donors (Lipinski definition) is 3. The van der Waals surface area contributed by atoms with Gasteiger partial charge in [-0.05, 0) is 30.2 Å². The van der Waals surface area contributed by atoms with Crippen LogP contribution in [-0.4, -0.2) is 56.8 Å². The van der Waals surface area contributed by atoms with Crippen LogP contribution in [0, 0.1) is 0 Å². The molecule has 12 heteroatoms. The van der Waals surface area contributed by atoms with Crippen LogP contribution in [0.1, 0.15) is 11.3 Å². The van der Waals surface area contributed by atoms with E-state index in [0.29, 0.717) is 37.1 Å². The Balaban J connectivity index is 0.00000480. The summed E-state index contributed by atoms with van der Waals surface area (Å²) in [6.45, 7) is 1.35. The third kappa shape index (κ3) is 8.63. The van der Waals surface area contributed by atoms with Crippen LogP contribution >= 0.6 is 24.0 Å². The number of nitrogens with one attached hydrogen (secondary N) is 3. The van der Waals surface area contributed by atoms with Crippen LogP contribution in [0.3, 0.4) is 0 Å². The van der Waals surface area contributed by atoms with E-state index < -0.39 is 11.9 Å². The monoisotopic (exact) mass is 554 g/mol. The van der Waals surface area contributed by atoms with Crippen molar-refractivity contribution >= 4 is 35.9 Å². The molecule has 0 aliphatic carbocycles. The highest BCUT2D eigenvalue weighted by Gasteiger charge is 2.32. The zero-order chi connectivity index (χ0) is 22.0. The van der Waals surface area contributed by atoms with Crippen molar-refractivity contribution in [1.29, 1.82) is 0 Å². The third-order valence-corrected chi connectivity index (χ3v) is 4.02. The van der Waals surface area contributed by atoms with Gasteiger partial charge in [0.1, 0.15) is 5.69 Å². The van der Waals surface area contributed by atoms with E-state index >= 15 is 0 Å². The molecular weight excluding hydrogens is 528 g/mol. The molecule has 1 aromatic heterocycles. The van der Waals surface area contributed by atoms with Gasteiger partial charge in [0.15, 0.2) is 17.5 Å². The van der Waals surface area contributed by atoms with Crippen LogP contribution in [0.4, 0.5) is 19.1 Å². The molecule has 1 aromatic carbocycles. The fourth-order valence-electron chi connectivity index (χ4n) is 2.54. The molecule has 31 heavy (non-hydrogen) atoms. The van der Waals surface area contributed by atoms with E-state index in [1.165, 1.54) is 0 Å². The number of guanidine groups is 1. The van der Waals surface area contributed by atoms with Gasteiger partial charge in [-0.15, -0.1) is 24.0 Å². The molecule has 0 unspecified atom stereocenters. The van der Waals surface area contributed by atoms with Crippen molar-refractivity contribution in [3.8, 4) is 11.5 Å². The van der Waals surface area contributed by atoms with Crippen molar-refractivity contribution in [2.45, 2.75) is 12.6 Å². The topological polar surface area (TPSA) is 92.7 Å². The minimum absolute atomic E-state index is 0. The first-order valence-electron chi connectivity index (χ1n) is 9.17. The quantitative estimate of drug-likeness (QED) is 0.190. The molecule has 0 atom stereocenters. The maximum absolute atomic E-state index is 12.7. The number of benzene rings is 1. The van der Waals surface area contributed by atoms with Gasteiger partial charge in [-0.2, -0.15) is 13.2 Å². The highest BCUT2D eigenvalue weighted by Crippen LogP contribution is 2.28. The Kier molecular flexibility index (Phi) is 11.1. The normalized spacial score (nSPS) is 11.4. The summed E-state index contributed by atoms with van der Waals surface area (Å²) in [5, 5.41) is 8.98. The molecule has 0 bridgehead atoms. The molecule has 172 valence electrons. The van der Waals surface area contributed by atoms with E-state index in [4.69, 9.17) is 9.47 Å². The smallest absolute Gasteiger partial charge is 0.433 e. The predicted octanol–water partition coefficient (Wildman–Crippen LogP) is 2.95. The number of aromatic nitrogens is 2. The Hall–Kier alpha value is -2.51. The van der Waals surface area contributed by atoms with Gasteiger partial charge in [-0.25, -0.2) is 9.97 Å². The summed E-state index contributed by atoms with van der Waals surface area (Å²) in [4.78, 5) is 11.3. The zero-order valence-corrected chi connectivity index (χ0v) is 19.7. The number of methoxy groups -OCH3 is 2. The van der Waals surface area contributed by atoms with Crippen LogP contribution in [0.5, 0.6) is 11.5 Å². The molecule has 0 aliphatic rings. The summed E-state index contributed by atoms with van der Waals surface area (Å²) in [5.74, 6) is 1.83. The number of ether oxygens (including phenoxy) is 2. The molecule has 0 spiro atoms. The lowest BCUT2D eigenvalue weighted by molar-refractivity contribution is -0.141. The number of halogens is 4. The summed E-state index contributed by atoms with van der Waals surface area (Å²) >= 11 is 0. The molecule has 0 saturated carbocycles. The van der Waals surface area contributed by atoms with Gasteiger partial charge in [0, 0.05) is 32.9 Å². The minimum atomic E-state index is -4.50. The van der Waals surface area contributed by atoms with E-state index in [-0.39, 0.29) is 29.9 Å². The molecule has 0 aliphatic heterocycles. The Morgan fingerprint density at radius 2 is 1.74 bits per heavy atom. The molecule has 0 amide bonds. The number of alkyl halides is 3. The fraction of sp³-hybridized carbons (Fsp3) is 0.421. The number of aliphatic imine (C=N–C) groups is 1. The first-order valence-corrected chi connectivity index (χ1v) is 9.17. The second-order valence-electron chi connectivity index (χ2n) is 6.06. The molecular formula is C19H26F3IN6O2. The Morgan fingerprint density at radius 3 is 2.39 bits per heavy atom. The average Bonchev–Trinajstić information content (AvgIpc) is 2.74. The number of anilines is 1. The molecule has 1 heterocycles. The predicted molar refractivity (Wildman–Crippen MR) is 124 cm³/mol. The maximum atomic E-state index is 12.7. The van der Waals surface area contributed by atoms with E-state index in [1.807, 2.05) is 18.2 Å². The van der Waals surface area contributed by atoms with Crippen LogP contribution in [0.25, 0.3) is 0 Å². The van der Waals surface area contributed by atoms with Gasteiger partial charge in [0.2, 0.25) is 5.95 Å². The second kappa shape index (κ2) is 13.0. The molecule has 2 aromatic rings. The third-order valence-electron chi connectivity index (χ3n) is 4.02. The minimum Gasteiger partial charge on any atom is -0.493 e. The van der Waals surface area contributed by atoms with E-state index in [2.05, 4.69) is 30.9 Å². The van der Waals surface area contributed by atoms with Crippen molar-refractivity contribution in [2.75, 3.05) is 46.2 Å². The summed E-state index contributed by atoms with van der Waals surface area (Å²) in [6, 6.07) is 6.55. The largest absolute Gasteiger partial charge is 0.493 e. The van der Waals surface area contributed by atoms with Gasteiger partial charge < -0.3 is 25.4 Å². The Bertz CT molecular complexity index is 852. The van der Waals surface area contributed by atoms with Gasteiger partial charge >= 0.3 is 6.18 Å². The van der Waals surface area contributed by atoms with Crippen LogP contribution in [0.2, 0.25) is 0 Å². The maximum Gasteiger partial charge on any atom is 0.433 e. The van der Waals surface area contributed by atoms with Crippen molar-refractivity contribution in [1.82, 2.24) is 20.6 Å².